The number of cyclic esters (lactones) is 1. The van der Waals surface area contributed by atoms with Crippen LogP contribution in [0.2, 0.25) is 10.0 Å². The molecule has 0 saturated carbocycles. The van der Waals surface area contributed by atoms with Gasteiger partial charge >= 0.3 is 5.97 Å². The molecule has 26 heavy (non-hydrogen) atoms. The van der Waals surface area contributed by atoms with Crippen LogP contribution in [-0.4, -0.2) is 18.5 Å². The Bertz CT molecular complexity index is 934. The Kier molecular flexibility index (Phi) is 6.07. The van der Waals surface area contributed by atoms with Crippen molar-refractivity contribution >= 4 is 73.0 Å². The van der Waals surface area contributed by atoms with Gasteiger partial charge in [0.25, 0.3) is 0 Å². The molecule has 0 radical (unpaired) electrons. The van der Waals surface area contributed by atoms with Crippen molar-refractivity contribution in [2.75, 3.05) is 6.61 Å². The van der Waals surface area contributed by atoms with Gasteiger partial charge in [-0.05, 0) is 80.8 Å². The Labute approximate surface area is 177 Å². The first kappa shape index (κ1) is 19.4. The average Bonchev–Trinajstić information content (AvgIpc) is 2.94. The number of hydrogen-bond acceptors (Lipinski definition) is 4. The number of carbonyl (C=O) groups is 1. The molecule has 0 unspecified atom stereocenters. The Morgan fingerprint density at radius 1 is 1.15 bits per heavy atom. The van der Waals surface area contributed by atoms with Crippen molar-refractivity contribution in [3.63, 3.8) is 0 Å². The van der Waals surface area contributed by atoms with Gasteiger partial charge in [0.05, 0.1) is 25.6 Å². The quantitative estimate of drug-likeness (QED) is 0.354. The zero-order valence-electron chi connectivity index (χ0n) is 13.4. The van der Waals surface area contributed by atoms with Gasteiger partial charge in [0, 0.05) is 5.56 Å². The molecule has 4 nitrogen and oxygen atoms in total. The minimum Gasteiger partial charge on any atom is -0.492 e. The Hall–Kier alpha value is -1.34. The molecule has 1 aliphatic heterocycles. The van der Waals surface area contributed by atoms with Gasteiger partial charge in [-0.15, -0.1) is 0 Å². The first-order valence-electron chi connectivity index (χ1n) is 7.49. The minimum atomic E-state index is -0.535. The fourth-order valence-corrected chi connectivity index (χ4v) is 4.01. The second kappa shape index (κ2) is 8.13. The highest BCUT2D eigenvalue weighted by atomic mass is 79.9. The molecule has 1 heterocycles. The molecule has 1 aliphatic rings. The van der Waals surface area contributed by atoms with E-state index in [-0.39, 0.29) is 11.6 Å². The molecule has 2 aromatic rings. The third kappa shape index (κ3) is 4.14. The monoisotopic (exact) mass is 517 g/mol. The summed E-state index contributed by atoms with van der Waals surface area (Å²) in [6, 6.07) is 8.58. The molecule has 0 fully saturated rings. The number of carbonyl (C=O) groups excluding carboxylic acids is 1. The maximum Gasteiger partial charge on any atom is 0.363 e. The normalized spacial score (nSPS) is 15.2. The maximum absolute atomic E-state index is 12.1. The lowest BCUT2D eigenvalue weighted by Gasteiger charge is -2.09. The van der Waals surface area contributed by atoms with E-state index in [0.717, 1.165) is 14.5 Å². The number of esters is 1. The lowest BCUT2D eigenvalue weighted by molar-refractivity contribution is -0.129. The maximum atomic E-state index is 12.1. The van der Waals surface area contributed by atoms with Crippen molar-refractivity contribution in [1.29, 1.82) is 0 Å². The van der Waals surface area contributed by atoms with E-state index in [1.807, 2.05) is 19.1 Å². The highest BCUT2D eigenvalue weighted by molar-refractivity contribution is 9.11. The topological polar surface area (TPSA) is 47.9 Å². The van der Waals surface area contributed by atoms with E-state index in [4.69, 9.17) is 32.7 Å². The van der Waals surface area contributed by atoms with E-state index in [1.54, 1.807) is 24.3 Å². The Balaban J connectivity index is 1.95. The van der Waals surface area contributed by atoms with Gasteiger partial charge in [-0.3, -0.25) is 0 Å². The van der Waals surface area contributed by atoms with Crippen molar-refractivity contribution in [2.24, 2.45) is 4.99 Å². The number of nitrogens with zero attached hydrogens (tertiary/aromatic N) is 1. The molecule has 0 N–H and O–H groups in total. The highest BCUT2D eigenvalue weighted by Crippen LogP contribution is 2.36. The lowest BCUT2D eigenvalue weighted by Crippen LogP contribution is -2.05. The van der Waals surface area contributed by atoms with Crippen LogP contribution in [-0.2, 0) is 9.53 Å². The Morgan fingerprint density at radius 2 is 1.85 bits per heavy atom. The summed E-state index contributed by atoms with van der Waals surface area (Å²) in [6.07, 6.45) is 1.64. The van der Waals surface area contributed by atoms with Crippen LogP contribution in [0.5, 0.6) is 5.75 Å². The second-order valence-electron chi connectivity index (χ2n) is 5.21. The average molecular weight is 520 g/mol. The number of halogens is 4. The zero-order chi connectivity index (χ0) is 18.8. The van der Waals surface area contributed by atoms with E-state index in [9.17, 15) is 4.79 Å². The molecule has 2 aromatic carbocycles. The van der Waals surface area contributed by atoms with Gasteiger partial charge in [0.1, 0.15) is 5.75 Å². The predicted octanol–water partition coefficient (Wildman–Crippen LogP) is 6.26. The minimum absolute atomic E-state index is 0.184. The first-order chi connectivity index (χ1) is 12.4. The number of aliphatic imine (C=N–C) groups is 1. The van der Waals surface area contributed by atoms with Gasteiger partial charge in [0.2, 0.25) is 5.90 Å². The molecular weight excluding hydrogens is 509 g/mol. The SMILES string of the molecule is CCOc1c(Br)cc(/C=C2\N=C(c3ccc(Cl)c(Cl)c3)OC2=O)cc1Br. The summed E-state index contributed by atoms with van der Waals surface area (Å²) >= 11 is 18.8. The smallest absolute Gasteiger partial charge is 0.363 e. The van der Waals surface area contributed by atoms with Crippen LogP contribution in [0.25, 0.3) is 6.08 Å². The van der Waals surface area contributed by atoms with Gasteiger partial charge in [-0.25, -0.2) is 9.79 Å². The number of benzene rings is 2. The molecule has 0 aromatic heterocycles. The van der Waals surface area contributed by atoms with Crippen LogP contribution in [0, 0.1) is 0 Å². The standard InChI is InChI=1S/C18H11Br2Cl2NO3/c1-2-25-16-11(19)5-9(6-12(16)20)7-15-18(24)26-17(23-15)10-3-4-13(21)14(22)8-10/h3-8H,2H2,1H3/b15-7-. The number of hydrogen-bond donors (Lipinski definition) is 0. The fraction of sp³-hybridized carbons (Fsp3) is 0.111. The molecule has 0 spiro atoms. The van der Waals surface area contributed by atoms with Crippen LogP contribution in [0.3, 0.4) is 0 Å². The molecule has 0 atom stereocenters. The van der Waals surface area contributed by atoms with Crippen molar-refractivity contribution in [2.45, 2.75) is 6.92 Å². The van der Waals surface area contributed by atoms with Crippen molar-refractivity contribution < 1.29 is 14.3 Å². The van der Waals surface area contributed by atoms with E-state index in [0.29, 0.717) is 28.0 Å². The first-order valence-corrected chi connectivity index (χ1v) is 9.83. The van der Waals surface area contributed by atoms with Crippen LogP contribution in [0.4, 0.5) is 0 Å². The Morgan fingerprint density at radius 3 is 2.46 bits per heavy atom. The van der Waals surface area contributed by atoms with Gasteiger partial charge < -0.3 is 9.47 Å². The van der Waals surface area contributed by atoms with E-state index >= 15 is 0 Å². The third-order valence-corrected chi connectivity index (χ3v) is 5.32. The van der Waals surface area contributed by atoms with E-state index < -0.39 is 5.97 Å². The second-order valence-corrected chi connectivity index (χ2v) is 7.73. The van der Waals surface area contributed by atoms with Gasteiger partial charge in [-0.1, -0.05) is 23.2 Å². The van der Waals surface area contributed by atoms with Crippen molar-refractivity contribution in [3.8, 4) is 5.75 Å². The molecule has 134 valence electrons. The summed E-state index contributed by atoms with van der Waals surface area (Å²) in [4.78, 5) is 16.4. The molecular formula is C18H11Br2Cl2NO3. The molecule has 0 aliphatic carbocycles. The van der Waals surface area contributed by atoms with Crippen molar-refractivity contribution in [3.05, 3.63) is 66.1 Å². The largest absolute Gasteiger partial charge is 0.492 e. The summed E-state index contributed by atoms with van der Waals surface area (Å²) in [6.45, 7) is 2.45. The molecule has 0 saturated heterocycles. The molecule has 0 amide bonds. The molecule has 0 bridgehead atoms. The molecule has 8 heteroatoms. The van der Waals surface area contributed by atoms with Crippen LogP contribution in [0.15, 0.2) is 50.0 Å². The lowest BCUT2D eigenvalue weighted by atomic mass is 10.2. The fourth-order valence-electron chi connectivity index (χ4n) is 2.26. The zero-order valence-corrected chi connectivity index (χ0v) is 18.0. The summed E-state index contributed by atoms with van der Waals surface area (Å²) in [5, 5.41) is 0.778. The van der Waals surface area contributed by atoms with Crippen LogP contribution >= 0.6 is 55.1 Å². The highest BCUT2D eigenvalue weighted by Gasteiger charge is 2.24. The predicted molar refractivity (Wildman–Crippen MR) is 110 cm³/mol. The summed E-state index contributed by atoms with van der Waals surface area (Å²) in [7, 11) is 0. The summed E-state index contributed by atoms with van der Waals surface area (Å²) < 4.78 is 12.3. The number of rotatable bonds is 4. The van der Waals surface area contributed by atoms with Crippen LogP contribution in [0.1, 0.15) is 18.1 Å². The van der Waals surface area contributed by atoms with Crippen molar-refractivity contribution in [1.82, 2.24) is 0 Å². The van der Waals surface area contributed by atoms with E-state index in [2.05, 4.69) is 36.9 Å². The third-order valence-electron chi connectivity index (χ3n) is 3.40. The molecule has 3 rings (SSSR count). The van der Waals surface area contributed by atoms with Gasteiger partial charge in [0.15, 0.2) is 5.70 Å². The number of ether oxygens (including phenoxy) is 2. The van der Waals surface area contributed by atoms with Crippen LogP contribution < -0.4 is 4.74 Å². The van der Waals surface area contributed by atoms with E-state index in [1.165, 1.54) is 0 Å². The summed E-state index contributed by atoms with van der Waals surface area (Å²) in [5.74, 6) is 0.347. The summed E-state index contributed by atoms with van der Waals surface area (Å²) in [5.41, 5.74) is 1.53. The van der Waals surface area contributed by atoms with Gasteiger partial charge in [-0.2, -0.15) is 0 Å².